The number of benzene rings is 1. The molecule has 3 aromatic rings. The maximum absolute atomic E-state index is 13.8. The molecule has 2 atom stereocenters. The lowest BCUT2D eigenvalue weighted by molar-refractivity contribution is -0.140. The van der Waals surface area contributed by atoms with E-state index < -0.39 is 17.2 Å². The zero-order valence-corrected chi connectivity index (χ0v) is 17.5. The molecule has 8 nitrogen and oxygen atoms in total. The van der Waals surface area contributed by atoms with Crippen LogP contribution in [0.2, 0.25) is 0 Å². The molecule has 0 N–H and O–H groups in total. The zero-order chi connectivity index (χ0) is 22.0. The van der Waals surface area contributed by atoms with Gasteiger partial charge >= 0.3 is 0 Å². The van der Waals surface area contributed by atoms with E-state index in [9.17, 15) is 13.6 Å². The largest absolute Gasteiger partial charge is 0.342 e. The Kier molecular flexibility index (Phi) is 4.23. The number of ether oxygens (including phenoxy) is 1. The van der Waals surface area contributed by atoms with E-state index in [0.717, 1.165) is 23.2 Å². The average Bonchev–Trinajstić information content (AvgIpc) is 3.46. The maximum Gasteiger partial charge on any atom is 0.257 e. The van der Waals surface area contributed by atoms with Gasteiger partial charge in [-0.1, -0.05) is 0 Å². The lowest BCUT2D eigenvalue weighted by Gasteiger charge is -2.38. The maximum atomic E-state index is 13.8. The minimum Gasteiger partial charge on any atom is -0.342 e. The van der Waals surface area contributed by atoms with Crippen molar-refractivity contribution in [3.63, 3.8) is 0 Å². The number of rotatable bonds is 2. The number of carbonyl (C=O) groups excluding carboxylic acids is 1. The van der Waals surface area contributed by atoms with Crippen LogP contribution < -0.4 is 4.90 Å². The Morgan fingerprint density at radius 1 is 1.12 bits per heavy atom. The fourth-order valence-corrected chi connectivity index (χ4v) is 5.37. The van der Waals surface area contributed by atoms with Gasteiger partial charge in [0, 0.05) is 43.8 Å². The van der Waals surface area contributed by atoms with Crippen LogP contribution in [0, 0.1) is 18.6 Å². The summed E-state index contributed by atoms with van der Waals surface area (Å²) in [5, 5.41) is 8.15. The van der Waals surface area contributed by atoms with E-state index in [1.165, 1.54) is 12.1 Å². The molecule has 3 fully saturated rings. The first-order valence-electron chi connectivity index (χ1n) is 10.8. The molecule has 0 saturated carbocycles. The highest BCUT2D eigenvalue weighted by molar-refractivity contribution is 5.88. The molecule has 1 aromatic carbocycles. The molecule has 32 heavy (non-hydrogen) atoms. The predicted molar refractivity (Wildman–Crippen MR) is 110 cm³/mol. The first kappa shape index (κ1) is 19.5. The Bertz CT molecular complexity index is 1200. The summed E-state index contributed by atoms with van der Waals surface area (Å²) in [6.07, 6.45) is 5.38. The lowest BCUT2D eigenvalue weighted by atomic mass is 9.89. The van der Waals surface area contributed by atoms with E-state index >= 15 is 0 Å². The van der Waals surface area contributed by atoms with Crippen LogP contribution in [0.25, 0.3) is 5.65 Å². The topological polar surface area (TPSA) is 75.9 Å². The molecular formula is C22H22F2N6O2. The SMILES string of the molecule is Cc1cnc(N2CCC3(CC2)O[C@@H]2CC[C@@H](c4cc(F)cc(F)c4)N2C3=O)n2cnnc12. The molecule has 1 amide bonds. The zero-order valence-electron chi connectivity index (χ0n) is 17.5. The molecule has 1 spiro atoms. The van der Waals surface area contributed by atoms with Gasteiger partial charge in [-0.25, -0.2) is 13.8 Å². The summed E-state index contributed by atoms with van der Waals surface area (Å²) in [4.78, 5) is 21.9. The van der Waals surface area contributed by atoms with E-state index in [1.807, 2.05) is 11.3 Å². The van der Waals surface area contributed by atoms with E-state index in [0.29, 0.717) is 44.3 Å². The third-order valence-corrected chi connectivity index (χ3v) is 6.93. The van der Waals surface area contributed by atoms with Gasteiger partial charge in [-0.05, 0) is 37.5 Å². The Balaban J connectivity index is 1.24. The molecule has 2 aromatic heterocycles. The van der Waals surface area contributed by atoms with Crippen molar-refractivity contribution >= 4 is 17.5 Å². The number of hydrogen-bond acceptors (Lipinski definition) is 6. The molecule has 0 radical (unpaired) electrons. The number of hydrogen-bond donors (Lipinski definition) is 0. The van der Waals surface area contributed by atoms with Crippen molar-refractivity contribution in [2.45, 2.75) is 50.5 Å². The van der Waals surface area contributed by atoms with Crippen molar-refractivity contribution in [2.24, 2.45) is 0 Å². The number of carbonyl (C=O) groups is 1. The molecule has 3 aliphatic rings. The minimum absolute atomic E-state index is 0.0828. The van der Waals surface area contributed by atoms with Crippen LogP contribution in [0.4, 0.5) is 14.7 Å². The molecule has 0 aliphatic carbocycles. The fourth-order valence-electron chi connectivity index (χ4n) is 5.37. The quantitative estimate of drug-likeness (QED) is 0.610. The number of nitrogens with zero attached hydrogens (tertiary/aromatic N) is 6. The van der Waals surface area contributed by atoms with E-state index in [1.54, 1.807) is 17.4 Å². The number of anilines is 1. The van der Waals surface area contributed by atoms with Crippen molar-refractivity contribution in [3.05, 3.63) is 53.5 Å². The Labute approximate surface area is 182 Å². The highest BCUT2D eigenvalue weighted by Gasteiger charge is 2.58. The second kappa shape index (κ2) is 6.93. The highest BCUT2D eigenvalue weighted by atomic mass is 19.1. The minimum atomic E-state index is -0.900. The van der Waals surface area contributed by atoms with Gasteiger partial charge in [0.2, 0.25) is 5.95 Å². The highest BCUT2D eigenvalue weighted by Crippen LogP contribution is 2.48. The van der Waals surface area contributed by atoms with E-state index in [2.05, 4.69) is 20.1 Å². The Morgan fingerprint density at radius 3 is 2.62 bits per heavy atom. The molecule has 0 unspecified atom stereocenters. The van der Waals surface area contributed by atoms with Crippen LogP contribution >= 0.6 is 0 Å². The molecule has 6 rings (SSSR count). The van der Waals surface area contributed by atoms with Crippen LogP contribution in [0.3, 0.4) is 0 Å². The molecule has 5 heterocycles. The van der Waals surface area contributed by atoms with Gasteiger partial charge in [0.15, 0.2) is 11.2 Å². The fraction of sp³-hybridized carbons (Fsp3) is 0.455. The number of amides is 1. The van der Waals surface area contributed by atoms with Crippen molar-refractivity contribution in [3.8, 4) is 0 Å². The Hall–Kier alpha value is -3.14. The smallest absolute Gasteiger partial charge is 0.257 e. The second-order valence-electron chi connectivity index (χ2n) is 8.83. The number of fused-ring (bicyclic) bond motifs is 2. The van der Waals surface area contributed by atoms with Crippen molar-refractivity contribution < 1.29 is 18.3 Å². The predicted octanol–water partition coefficient (Wildman–Crippen LogP) is 2.77. The van der Waals surface area contributed by atoms with Crippen molar-refractivity contribution in [2.75, 3.05) is 18.0 Å². The summed E-state index contributed by atoms with van der Waals surface area (Å²) in [5.74, 6) is -0.611. The molecule has 3 aliphatic heterocycles. The molecular weight excluding hydrogens is 418 g/mol. The Morgan fingerprint density at radius 2 is 1.88 bits per heavy atom. The molecule has 0 bridgehead atoms. The van der Waals surface area contributed by atoms with Crippen LogP contribution in [-0.2, 0) is 9.53 Å². The van der Waals surface area contributed by atoms with Crippen LogP contribution in [0.5, 0.6) is 0 Å². The third-order valence-electron chi connectivity index (χ3n) is 6.93. The summed E-state index contributed by atoms with van der Waals surface area (Å²) in [7, 11) is 0. The first-order valence-corrected chi connectivity index (χ1v) is 10.8. The number of piperidine rings is 1. The van der Waals surface area contributed by atoms with Crippen molar-refractivity contribution in [1.29, 1.82) is 0 Å². The normalized spacial score (nSPS) is 24.7. The lowest BCUT2D eigenvalue weighted by Crippen LogP contribution is -2.51. The second-order valence-corrected chi connectivity index (χ2v) is 8.83. The van der Waals surface area contributed by atoms with Gasteiger partial charge < -0.3 is 14.5 Å². The van der Waals surface area contributed by atoms with Gasteiger partial charge in [-0.15, -0.1) is 10.2 Å². The summed E-state index contributed by atoms with van der Waals surface area (Å²) in [5.41, 5.74) is 1.28. The van der Waals surface area contributed by atoms with Crippen LogP contribution in [0.15, 0.2) is 30.7 Å². The van der Waals surface area contributed by atoms with Gasteiger partial charge in [-0.3, -0.25) is 9.20 Å². The standard InChI is InChI=1S/C22H22F2N6O2/c1-13-11-25-21(29-12-26-27-19(13)29)28-6-4-22(5-7-28)20(31)30-17(2-3-18(30)32-22)14-8-15(23)10-16(24)9-14/h8-12,17-18H,2-7H2,1H3/t17-,18+/m0/s1. The van der Waals surface area contributed by atoms with Gasteiger partial charge in [-0.2, -0.15) is 0 Å². The monoisotopic (exact) mass is 440 g/mol. The first-order chi connectivity index (χ1) is 15.4. The number of aryl methyl sites for hydroxylation is 1. The summed E-state index contributed by atoms with van der Waals surface area (Å²) in [6.45, 7) is 3.12. The number of halogens is 2. The van der Waals surface area contributed by atoms with Crippen molar-refractivity contribution in [1.82, 2.24) is 24.5 Å². The van der Waals surface area contributed by atoms with Gasteiger partial charge in [0.1, 0.15) is 24.2 Å². The molecule has 10 heteroatoms. The number of aromatic nitrogens is 4. The van der Waals surface area contributed by atoms with Crippen LogP contribution in [0.1, 0.15) is 42.9 Å². The third kappa shape index (κ3) is 2.82. The van der Waals surface area contributed by atoms with Gasteiger partial charge in [0.05, 0.1) is 6.04 Å². The summed E-state index contributed by atoms with van der Waals surface area (Å²) >= 11 is 0. The molecule has 3 saturated heterocycles. The van der Waals surface area contributed by atoms with E-state index in [4.69, 9.17) is 4.74 Å². The molecule has 166 valence electrons. The van der Waals surface area contributed by atoms with Crippen LogP contribution in [-0.4, -0.2) is 55.3 Å². The average molecular weight is 440 g/mol. The van der Waals surface area contributed by atoms with E-state index in [-0.39, 0.29) is 18.2 Å². The summed E-state index contributed by atoms with van der Waals surface area (Å²) in [6, 6.07) is 3.10. The van der Waals surface area contributed by atoms with Gasteiger partial charge in [0.25, 0.3) is 5.91 Å². The summed E-state index contributed by atoms with van der Waals surface area (Å²) < 4.78 is 35.8.